The van der Waals surface area contributed by atoms with E-state index in [4.69, 9.17) is 16.3 Å². The molecule has 2 N–H and O–H groups in total. The smallest absolute Gasteiger partial charge is 0.138 e. The Labute approximate surface area is 106 Å². The number of phenolic OH excluding ortho intramolecular Hbond substituents is 1. The Morgan fingerprint density at radius 3 is 2.82 bits per heavy atom. The van der Waals surface area contributed by atoms with Crippen LogP contribution in [-0.2, 0) is 11.3 Å². The van der Waals surface area contributed by atoms with E-state index in [1.165, 1.54) is 0 Å². The molecule has 0 aliphatic rings. The molecule has 1 unspecified atom stereocenters. The number of aliphatic hydroxyl groups is 1. The Hall–Kier alpha value is -0.810. The molecule has 0 heterocycles. The van der Waals surface area contributed by atoms with Crippen LogP contribution >= 0.6 is 11.6 Å². The monoisotopic (exact) mass is 259 g/mol. The molecule has 0 radical (unpaired) electrons. The van der Waals surface area contributed by atoms with Crippen molar-refractivity contribution in [3.8, 4) is 5.75 Å². The molecule has 4 nitrogen and oxygen atoms in total. The second-order valence-electron chi connectivity index (χ2n) is 4.05. The van der Waals surface area contributed by atoms with Crippen molar-refractivity contribution >= 4 is 11.6 Å². The van der Waals surface area contributed by atoms with Crippen molar-refractivity contribution in [3.63, 3.8) is 0 Å². The lowest BCUT2D eigenvalue weighted by Gasteiger charge is -2.20. The highest BCUT2D eigenvalue weighted by molar-refractivity contribution is 6.32. The number of aliphatic hydroxyl groups excluding tert-OH is 1. The zero-order valence-electron chi connectivity index (χ0n) is 10.1. The first-order valence-corrected chi connectivity index (χ1v) is 5.74. The number of benzene rings is 1. The number of aromatic hydroxyl groups is 1. The molecule has 0 saturated carbocycles. The Morgan fingerprint density at radius 2 is 2.18 bits per heavy atom. The van der Waals surface area contributed by atoms with Gasteiger partial charge in [-0.25, -0.2) is 0 Å². The van der Waals surface area contributed by atoms with E-state index in [1.54, 1.807) is 25.3 Å². The molecule has 1 aromatic rings. The first kappa shape index (κ1) is 14.3. The highest BCUT2D eigenvalue weighted by atomic mass is 35.5. The van der Waals surface area contributed by atoms with Crippen LogP contribution in [0, 0.1) is 0 Å². The summed E-state index contributed by atoms with van der Waals surface area (Å²) < 4.78 is 4.85. The third kappa shape index (κ3) is 4.52. The van der Waals surface area contributed by atoms with Gasteiger partial charge in [0.05, 0.1) is 17.7 Å². The molecule has 0 aliphatic heterocycles. The van der Waals surface area contributed by atoms with Gasteiger partial charge in [-0.3, -0.25) is 4.90 Å². The summed E-state index contributed by atoms with van der Waals surface area (Å²) in [6, 6.07) is 5.23. The van der Waals surface area contributed by atoms with Crippen LogP contribution in [0.2, 0.25) is 5.02 Å². The molecular formula is C12H18ClNO3. The van der Waals surface area contributed by atoms with Crippen molar-refractivity contribution in [3.05, 3.63) is 28.8 Å². The summed E-state index contributed by atoms with van der Waals surface area (Å²) in [7, 11) is 3.41. The van der Waals surface area contributed by atoms with Crippen molar-refractivity contribution in [1.29, 1.82) is 0 Å². The minimum absolute atomic E-state index is 0.0993. The van der Waals surface area contributed by atoms with Crippen LogP contribution in [0.5, 0.6) is 5.75 Å². The molecule has 1 aromatic carbocycles. The minimum Gasteiger partial charge on any atom is -0.506 e. The van der Waals surface area contributed by atoms with Gasteiger partial charge in [-0.05, 0) is 13.1 Å². The van der Waals surface area contributed by atoms with Crippen molar-refractivity contribution in [2.45, 2.75) is 12.6 Å². The minimum atomic E-state index is -0.536. The lowest BCUT2D eigenvalue weighted by Crippen LogP contribution is -2.31. The van der Waals surface area contributed by atoms with Gasteiger partial charge < -0.3 is 14.9 Å². The second kappa shape index (κ2) is 6.81. The van der Waals surface area contributed by atoms with Crippen LogP contribution in [0.25, 0.3) is 0 Å². The summed E-state index contributed by atoms with van der Waals surface area (Å²) in [5.41, 5.74) is 0.740. The SMILES string of the molecule is COCC(O)CN(C)Cc1cccc(Cl)c1O. The Bertz CT molecular complexity index is 360. The molecule has 0 bridgehead atoms. The van der Waals surface area contributed by atoms with Crippen molar-refractivity contribution < 1.29 is 14.9 Å². The molecule has 0 fully saturated rings. The summed E-state index contributed by atoms with van der Waals surface area (Å²) in [6.45, 7) is 1.29. The molecule has 5 heteroatoms. The number of hydrogen-bond acceptors (Lipinski definition) is 4. The molecular weight excluding hydrogens is 242 g/mol. The number of phenols is 1. The van der Waals surface area contributed by atoms with Gasteiger partial charge in [-0.1, -0.05) is 23.7 Å². The number of hydrogen-bond donors (Lipinski definition) is 2. The van der Waals surface area contributed by atoms with E-state index in [-0.39, 0.29) is 5.75 Å². The molecule has 0 saturated heterocycles. The molecule has 17 heavy (non-hydrogen) atoms. The third-order valence-corrected chi connectivity index (χ3v) is 2.70. The molecule has 0 aromatic heterocycles. The molecule has 0 aliphatic carbocycles. The Kier molecular flexibility index (Phi) is 5.71. The van der Waals surface area contributed by atoms with Gasteiger partial charge >= 0.3 is 0 Å². The van der Waals surface area contributed by atoms with Gasteiger partial charge in [0.2, 0.25) is 0 Å². The molecule has 96 valence electrons. The van der Waals surface area contributed by atoms with Gasteiger partial charge in [0.25, 0.3) is 0 Å². The van der Waals surface area contributed by atoms with Crippen LogP contribution in [0.1, 0.15) is 5.56 Å². The van der Waals surface area contributed by atoms with Gasteiger partial charge in [0.1, 0.15) is 5.75 Å². The quantitative estimate of drug-likeness (QED) is 0.813. The number of halogens is 1. The maximum atomic E-state index is 9.74. The lowest BCUT2D eigenvalue weighted by atomic mass is 10.2. The predicted octanol–water partition coefficient (Wildman–Crippen LogP) is 1.48. The average Bonchev–Trinajstić information content (AvgIpc) is 2.25. The summed E-state index contributed by atoms with van der Waals surface area (Å²) in [5, 5.41) is 19.6. The van der Waals surface area contributed by atoms with E-state index >= 15 is 0 Å². The number of para-hydroxylation sites is 1. The van der Waals surface area contributed by atoms with Gasteiger partial charge in [-0.2, -0.15) is 0 Å². The van der Waals surface area contributed by atoms with Crippen LogP contribution in [0.3, 0.4) is 0 Å². The number of rotatable bonds is 6. The largest absolute Gasteiger partial charge is 0.506 e. The average molecular weight is 260 g/mol. The lowest BCUT2D eigenvalue weighted by molar-refractivity contribution is 0.0417. The molecule has 1 rings (SSSR count). The number of nitrogens with zero attached hydrogens (tertiary/aromatic N) is 1. The van der Waals surface area contributed by atoms with Crippen molar-refractivity contribution in [2.24, 2.45) is 0 Å². The highest BCUT2D eigenvalue weighted by Gasteiger charge is 2.11. The normalized spacial score (nSPS) is 13.0. The maximum Gasteiger partial charge on any atom is 0.138 e. The van der Waals surface area contributed by atoms with Gasteiger partial charge in [0.15, 0.2) is 0 Å². The second-order valence-corrected chi connectivity index (χ2v) is 4.46. The fourth-order valence-electron chi connectivity index (χ4n) is 1.65. The van der Waals surface area contributed by atoms with Crippen LogP contribution in [0.15, 0.2) is 18.2 Å². The number of ether oxygens (including phenoxy) is 1. The zero-order chi connectivity index (χ0) is 12.8. The van der Waals surface area contributed by atoms with E-state index < -0.39 is 6.10 Å². The standard InChI is InChI=1S/C12H18ClNO3/c1-14(7-10(15)8-17-2)6-9-4-3-5-11(13)12(9)16/h3-5,10,15-16H,6-8H2,1-2H3. The maximum absolute atomic E-state index is 9.74. The van der Waals surface area contributed by atoms with Gasteiger partial charge in [-0.15, -0.1) is 0 Å². The third-order valence-electron chi connectivity index (χ3n) is 2.39. The molecule has 1 atom stereocenters. The van der Waals surface area contributed by atoms with Crippen molar-refractivity contribution in [1.82, 2.24) is 4.90 Å². The Balaban J connectivity index is 2.56. The van der Waals surface area contributed by atoms with Crippen molar-refractivity contribution in [2.75, 3.05) is 27.3 Å². The van der Waals surface area contributed by atoms with E-state index in [2.05, 4.69) is 0 Å². The predicted molar refractivity (Wildman–Crippen MR) is 67.3 cm³/mol. The van der Waals surface area contributed by atoms with E-state index in [1.807, 2.05) is 11.9 Å². The molecule has 0 amide bonds. The van der Waals surface area contributed by atoms with Crippen LogP contribution < -0.4 is 0 Å². The summed E-state index contributed by atoms with van der Waals surface area (Å²) in [4.78, 5) is 1.90. The van der Waals surface area contributed by atoms with Gasteiger partial charge in [0, 0.05) is 25.8 Å². The van der Waals surface area contributed by atoms with Crippen LogP contribution in [-0.4, -0.2) is 48.5 Å². The zero-order valence-corrected chi connectivity index (χ0v) is 10.8. The Morgan fingerprint density at radius 1 is 1.47 bits per heavy atom. The fourth-order valence-corrected chi connectivity index (χ4v) is 1.84. The van der Waals surface area contributed by atoms with E-state index in [9.17, 15) is 10.2 Å². The summed E-state index contributed by atoms with van der Waals surface area (Å²) >= 11 is 5.81. The van der Waals surface area contributed by atoms with Crippen LogP contribution in [0.4, 0.5) is 0 Å². The topological polar surface area (TPSA) is 52.9 Å². The van der Waals surface area contributed by atoms with E-state index in [0.717, 1.165) is 5.56 Å². The summed E-state index contributed by atoms with van der Waals surface area (Å²) in [5.74, 6) is 0.0993. The first-order chi connectivity index (χ1) is 8.04. The first-order valence-electron chi connectivity index (χ1n) is 5.36. The number of likely N-dealkylation sites (N-methyl/N-ethyl adjacent to an activating group) is 1. The molecule has 0 spiro atoms. The fraction of sp³-hybridized carbons (Fsp3) is 0.500. The van der Waals surface area contributed by atoms with E-state index in [0.29, 0.717) is 24.7 Å². The highest BCUT2D eigenvalue weighted by Crippen LogP contribution is 2.27. The summed E-state index contributed by atoms with van der Waals surface area (Å²) in [6.07, 6.45) is -0.536. The number of methoxy groups -OCH3 is 1.